The predicted molar refractivity (Wildman–Crippen MR) is 92.5 cm³/mol. The van der Waals surface area contributed by atoms with Crippen molar-refractivity contribution in [1.82, 2.24) is 9.55 Å². The predicted octanol–water partition coefficient (Wildman–Crippen LogP) is 2.88. The summed E-state index contributed by atoms with van der Waals surface area (Å²) < 4.78 is 11.7. The molecule has 0 radical (unpaired) electrons. The van der Waals surface area contributed by atoms with Gasteiger partial charge in [0.15, 0.2) is 0 Å². The zero-order valence-electron chi connectivity index (χ0n) is 13.6. The first kappa shape index (κ1) is 16.4. The third kappa shape index (κ3) is 3.74. The van der Waals surface area contributed by atoms with Gasteiger partial charge >= 0.3 is 5.97 Å². The molecule has 0 spiro atoms. The quantitative estimate of drug-likeness (QED) is 0.670. The third-order valence-corrected chi connectivity index (χ3v) is 3.58. The molecular weight excluding hydrogens is 320 g/mol. The van der Waals surface area contributed by atoms with Crippen molar-refractivity contribution in [1.29, 1.82) is 0 Å². The second-order valence-corrected chi connectivity index (χ2v) is 5.20. The van der Waals surface area contributed by atoms with Gasteiger partial charge in [-0.05, 0) is 24.3 Å². The molecule has 6 nitrogen and oxygen atoms in total. The lowest BCUT2D eigenvalue weighted by molar-refractivity contribution is -0.141. The first-order valence-electron chi connectivity index (χ1n) is 7.63. The van der Waals surface area contributed by atoms with Crippen LogP contribution in [-0.2, 0) is 16.1 Å². The van der Waals surface area contributed by atoms with Crippen molar-refractivity contribution in [3.8, 4) is 22.8 Å². The number of ether oxygens (including phenoxy) is 2. The molecule has 25 heavy (non-hydrogen) atoms. The van der Waals surface area contributed by atoms with E-state index in [9.17, 15) is 9.59 Å². The van der Waals surface area contributed by atoms with E-state index in [0.717, 1.165) is 0 Å². The summed E-state index contributed by atoms with van der Waals surface area (Å²) >= 11 is 0. The Kier molecular flexibility index (Phi) is 4.89. The van der Waals surface area contributed by atoms with Gasteiger partial charge < -0.3 is 14.0 Å². The number of methoxy groups -OCH3 is 1. The van der Waals surface area contributed by atoms with Gasteiger partial charge in [-0.3, -0.25) is 9.59 Å². The molecule has 0 aliphatic carbocycles. The van der Waals surface area contributed by atoms with Gasteiger partial charge in [0.25, 0.3) is 5.56 Å². The highest BCUT2D eigenvalue weighted by Gasteiger charge is 2.13. The Morgan fingerprint density at radius 2 is 1.80 bits per heavy atom. The minimum atomic E-state index is -0.489. The first-order valence-corrected chi connectivity index (χ1v) is 7.63. The second-order valence-electron chi connectivity index (χ2n) is 5.20. The fraction of sp³-hybridized carbons (Fsp3) is 0.105. The van der Waals surface area contributed by atoms with Crippen molar-refractivity contribution in [3.63, 3.8) is 0 Å². The maximum absolute atomic E-state index is 12.7. The standard InChI is InChI=1S/C19H16N2O4/c1-24-18(22)13-21-12-6-8-15(19(21)23)14-7-2-3-9-16(14)25-17-10-4-5-11-20-17/h2-12H,13H2,1H3. The van der Waals surface area contributed by atoms with E-state index >= 15 is 0 Å². The summed E-state index contributed by atoms with van der Waals surface area (Å²) in [5, 5.41) is 0. The van der Waals surface area contributed by atoms with Gasteiger partial charge in [-0.15, -0.1) is 0 Å². The number of carbonyl (C=O) groups is 1. The molecule has 0 aliphatic rings. The molecule has 2 heterocycles. The van der Waals surface area contributed by atoms with Crippen LogP contribution in [0, 0.1) is 0 Å². The van der Waals surface area contributed by atoms with Crippen LogP contribution >= 0.6 is 0 Å². The highest BCUT2D eigenvalue weighted by Crippen LogP contribution is 2.30. The summed E-state index contributed by atoms with van der Waals surface area (Å²) in [4.78, 5) is 28.3. The van der Waals surface area contributed by atoms with Crippen molar-refractivity contribution in [2.75, 3.05) is 7.11 Å². The molecule has 0 amide bonds. The van der Waals surface area contributed by atoms with Gasteiger partial charge in [-0.1, -0.05) is 24.3 Å². The Balaban J connectivity index is 2.01. The SMILES string of the molecule is COC(=O)Cn1cccc(-c2ccccc2Oc2ccccn2)c1=O. The van der Waals surface area contributed by atoms with Crippen LogP contribution in [0.4, 0.5) is 0 Å². The molecule has 1 aromatic carbocycles. The molecule has 126 valence electrons. The number of esters is 1. The molecule has 0 aliphatic heterocycles. The number of aromatic nitrogens is 2. The number of rotatable bonds is 5. The third-order valence-electron chi connectivity index (χ3n) is 3.58. The van der Waals surface area contributed by atoms with Gasteiger partial charge in [0.05, 0.1) is 12.7 Å². The lowest BCUT2D eigenvalue weighted by Crippen LogP contribution is -2.25. The lowest BCUT2D eigenvalue weighted by atomic mass is 10.1. The molecule has 0 saturated carbocycles. The molecule has 3 aromatic rings. The normalized spacial score (nSPS) is 10.3. The van der Waals surface area contributed by atoms with Gasteiger partial charge in [0, 0.05) is 24.0 Å². The van der Waals surface area contributed by atoms with E-state index in [1.165, 1.54) is 11.7 Å². The minimum absolute atomic E-state index is 0.146. The largest absolute Gasteiger partial charge is 0.468 e. The summed E-state index contributed by atoms with van der Waals surface area (Å²) in [6, 6.07) is 15.9. The summed E-state index contributed by atoms with van der Waals surface area (Å²) in [5.74, 6) is 0.451. The summed E-state index contributed by atoms with van der Waals surface area (Å²) in [6.45, 7) is -0.146. The first-order chi connectivity index (χ1) is 12.2. The maximum atomic E-state index is 12.7. The van der Waals surface area contributed by atoms with Crippen molar-refractivity contribution < 1.29 is 14.3 Å². The van der Waals surface area contributed by atoms with Crippen LogP contribution in [0.15, 0.2) is 71.8 Å². The molecule has 0 N–H and O–H groups in total. The Bertz CT molecular complexity index is 935. The van der Waals surface area contributed by atoms with Gasteiger partial charge in [-0.2, -0.15) is 0 Å². The van der Waals surface area contributed by atoms with E-state index in [-0.39, 0.29) is 12.1 Å². The zero-order valence-corrected chi connectivity index (χ0v) is 13.6. The number of para-hydroxylation sites is 1. The molecule has 0 saturated heterocycles. The van der Waals surface area contributed by atoms with E-state index < -0.39 is 5.97 Å². The molecule has 0 unspecified atom stereocenters. The average Bonchev–Trinajstić information content (AvgIpc) is 2.65. The van der Waals surface area contributed by atoms with Crippen LogP contribution in [-0.4, -0.2) is 22.6 Å². The van der Waals surface area contributed by atoms with Crippen LogP contribution in [0.5, 0.6) is 11.6 Å². The van der Waals surface area contributed by atoms with Crippen LogP contribution < -0.4 is 10.3 Å². The van der Waals surface area contributed by atoms with E-state index in [0.29, 0.717) is 22.8 Å². The lowest BCUT2D eigenvalue weighted by Gasteiger charge is -2.11. The maximum Gasteiger partial charge on any atom is 0.325 e. The van der Waals surface area contributed by atoms with Crippen LogP contribution in [0.25, 0.3) is 11.1 Å². The number of hydrogen-bond donors (Lipinski definition) is 0. The Morgan fingerprint density at radius 1 is 1.04 bits per heavy atom. The van der Waals surface area contributed by atoms with E-state index in [2.05, 4.69) is 9.72 Å². The Labute approximate surface area is 144 Å². The molecule has 0 bridgehead atoms. The van der Waals surface area contributed by atoms with E-state index in [1.807, 2.05) is 18.2 Å². The van der Waals surface area contributed by atoms with Crippen molar-refractivity contribution in [2.45, 2.75) is 6.54 Å². The number of hydrogen-bond acceptors (Lipinski definition) is 5. The molecule has 3 rings (SSSR count). The van der Waals surface area contributed by atoms with Crippen molar-refractivity contribution in [3.05, 3.63) is 77.3 Å². The summed E-state index contributed by atoms with van der Waals surface area (Å²) in [6.07, 6.45) is 3.18. The van der Waals surface area contributed by atoms with Crippen LogP contribution in [0.3, 0.4) is 0 Å². The zero-order chi connectivity index (χ0) is 17.6. The average molecular weight is 336 g/mol. The minimum Gasteiger partial charge on any atom is -0.468 e. The second kappa shape index (κ2) is 7.44. The molecule has 2 aromatic heterocycles. The smallest absolute Gasteiger partial charge is 0.325 e. The molecular formula is C19H16N2O4. The Hall–Kier alpha value is -3.41. The van der Waals surface area contributed by atoms with Crippen LogP contribution in [0.1, 0.15) is 0 Å². The van der Waals surface area contributed by atoms with Gasteiger partial charge in [0.1, 0.15) is 12.3 Å². The number of nitrogens with zero attached hydrogens (tertiary/aromatic N) is 2. The van der Waals surface area contributed by atoms with Crippen LogP contribution in [0.2, 0.25) is 0 Å². The number of benzene rings is 1. The summed E-state index contributed by atoms with van der Waals surface area (Å²) in [7, 11) is 1.28. The number of carbonyl (C=O) groups excluding carboxylic acids is 1. The topological polar surface area (TPSA) is 70.4 Å². The van der Waals surface area contributed by atoms with E-state index in [1.54, 1.807) is 48.8 Å². The molecule has 0 atom stereocenters. The van der Waals surface area contributed by atoms with Crippen molar-refractivity contribution in [2.24, 2.45) is 0 Å². The monoisotopic (exact) mass is 336 g/mol. The fourth-order valence-electron chi connectivity index (χ4n) is 2.37. The van der Waals surface area contributed by atoms with Gasteiger partial charge in [0.2, 0.25) is 5.88 Å². The number of pyridine rings is 2. The fourth-order valence-corrected chi connectivity index (χ4v) is 2.37. The Morgan fingerprint density at radius 3 is 2.56 bits per heavy atom. The van der Waals surface area contributed by atoms with Crippen molar-refractivity contribution >= 4 is 5.97 Å². The molecule has 0 fully saturated rings. The summed E-state index contributed by atoms with van der Waals surface area (Å²) in [5.41, 5.74) is 0.750. The van der Waals surface area contributed by atoms with Gasteiger partial charge in [-0.25, -0.2) is 4.98 Å². The van der Waals surface area contributed by atoms with E-state index in [4.69, 9.17) is 4.74 Å². The highest BCUT2D eigenvalue weighted by atomic mass is 16.5. The molecule has 6 heteroatoms. The highest BCUT2D eigenvalue weighted by molar-refractivity contribution is 5.71.